The maximum Gasteiger partial charge on any atom is 0.573 e. The van der Waals surface area contributed by atoms with E-state index >= 15 is 0 Å². The quantitative estimate of drug-likeness (QED) is 0.816. The van der Waals surface area contributed by atoms with Crippen LogP contribution in [0.15, 0.2) is 18.2 Å². The van der Waals surface area contributed by atoms with Crippen LogP contribution in [0.4, 0.5) is 17.6 Å². The predicted octanol–water partition coefficient (Wildman–Crippen LogP) is 3.00. The van der Waals surface area contributed by atoms with Crippen LogP contribution in [0.25, 0.3) is 0 Å². The molecule has 0 fully saturated rings. The molecule has 0 saturated carbocycles. The standard InChI is InChI=1S/C10H11F4NO/c1-6(15-2)8-5-7(3-4-9(8)11)16-10(12,13)14/h3-6,15H,1-2H3. The summed E-state index contributed by atoms with van der Waals surface area (Å²) in [6, 6.07) is 2.53. The van der Waals surface area contributed by atoms with Gasteiger partial charge in [-0.15, -0.1) is 13.2 Å². The van der Waals surface area contributed by atoms with E-state index in [1.165, 1.54) is 0 Å². The van der Waals surface area contributed by atoms with Gasteiger partial charge in [0.25, 0.3) is 0 Å². The van der Waals surface area contributed by atoms with Gasteiger partial charge in [-0.2, -0.15) is 0 Å². The average molecular weight is 237 g/mol. The highest BCUT2D eigenvalue weighted by Gasteiger charge is 2.31. The van der Waals surface area contributed by atoms with Crippen LogP contribution in [0.1, 0.15) is 18.5 Å². The van der Waals surface area contributed by atoms with Gasteiger partial charge in [-0.3, -0.25) is 0 Å². The van der Waals surface area contributed by atoms with E-state index in [1.54, 1.807) is 14.0 Å². The van der Waals surface area contributed by atoms with E-state index in [0.29, 0.717) is 0 Å². The molecule has 0 aliphatic carbocycles. The number of rotatable bonds is 3. The van der Waals surface area contributed by atoms with E-state index in [1.807, 2.05) is 0 Å². The fourth-order valence-electron chi connectivity index (χ4n) is 1.21. The lowest BCUT2D eigenvalue weighted by molar-refractivity contribution is -0.274. The number of alkyl halides is 3. The molecule has 0 bridgehead atoms. The van der Waals surface area contributed by atoms with Gasteiger partial charge < -0.3 is 10.1 Å². The number of halogens is 4. The normalized spacial score (nSPS) is 13.6. The maximum absolute atomic E-state index is 13.3. The van der Waals surface area contributed by atoms with Crippen LogP contribution in [0, 0.1) is 5.82 Å². The highest BCUT2D eigenvalue weighted by molar-refractivity contribution is 5.31. The molecular weight excluding hydrogens is 226 g/mol. The zero-order valence-corrected chi connectivity index (χ0v) is 8.73. The SMILES string of the molecule is CNC(C)c1cc(OC(F)(F)F)ccc1F. The van der Waals surface area contributed by atoms with Crippen molar-refractivity contribution in [3.05, 3.63) is 29.6 Å². The first-order valence-electron chi connectivity index (χ1n) is 4.56. The number of ether oxygens (including phenoxy) is 1. The minimum absolute atomic E-state index is 0.129. The molecule has 16 heavy (non-hydrogen) atoms. The van der Waals surface area contributed by atoms with Gasteiger partial charge in [-0.1, -0.05) is 0 Å². The van der Waals surface area contributed by atoms with Gasteiger partial charge in [0, 0.05) is 11.6 Å². The third-order valence-electron chi connectivity index (χ3n) is 2.10. The van der Waals surface area contributed by atoms with Gasteiger partial charge in [0.1, 0.15) is 11.6 Å². The summed E-state index contributed by atoms with van der Waals surface area (Å²) in [5.74, 6) is -0.998. The predicted molar refractivity (Wildman–Crippen MR) is 50.6 cm³/mol. The molecule has 1 N–H and O–H groups in total. The summed E-state index contributed by atoms with van der Waals surface area (Å²) in [6.45, 7) is 1.63. The van der Waals surface area contributed by atoms with Gasteiger partial charge in [0.2, 0.25) is 0 Å². The van der Waals surface area contributed by atoms with E-state index in [-0.39, 0.29) is 5.56 Å². The molecule has 0 aliphatic heterocycles. The highest BCUT2D eigenvalue weighted by Crippen LogP contribution is 2.27. The number of hydrogen-bond acceptors (Lipinski definition) is 2. The van der Waals surface area contributed by atoms with Gasteiger partial charge in [0.15, 0.2) is 0 Å². The molecule has 1 aromatic carbocycles. The molecule has 1 aromatic rings. The van der Waals surface area contributed by atoms with Crippen LogP contribution in [0.2, 0.25) is 0 Å². The summed E-state index contributed by atoms with van der Waals surface area (Å²) < 4.78 is 52.7. The smallest absolute Gasteiger partial charge is 0.406 e. The molecule has 0 saturated heterocycles. The van der Waals surface area contributed by atoms with Crippen molar-refractivity contribution in [3.63, 3.8) is 0 Å². The van der Waals surface area contributed by atoms with Crippen LogP contribution >= 0.6 is 0 Å². The van der Waals surface area contributed by atoms with Gasteiger partial charge >= 0.3 is 6.36 Å². The summed E-state index contributed by atoms with van der Waals surface area (Å²) in [4.78, 5) is 0. The second kappa shape index (κ2) is 4.69. The molecule has 0 aliphatic rings. The Morgan fingerprint density at radius 2 is 1.94 bits per heavy atom. The highest BCUT2D eigenvalue weighted by atomic mass is 19.4. The van der Waals surface area contributed by atoms with Crippen molar-refractivity contribution in [2.45, 2.75) is 19.3 Å². The zero-order chi connectivity index (χ0) is 12.3. The van der Waals surface area contributed by atoms with E-state index in [2.05, 4.69) is 10.1 Å². The third kappa shape index (κ3) is 3.37. The number of hydrogen-bond donors (Lipinski definition) is 1. The Hall–Kier alpha value is -1.30. The Kier molecular flexibility index (Phi) is 3.74. The molecule has 2 nitrogen and oxygen atoms in total. The summed E-state index contributed by atoms with van der Waals surface area (Å²) in [5, 5.41) is 2.74. The third-order valence-corrected chi connectivity index (χ3v) is 2.10. The molecule has 1 rings (SSSR count). The lowest BCUT2D eigenvalue weighted by atomic mass is 10.1. The minimum Gasteiger partial charge on any atom is -0.406 e. The topological polar surface area (TPSA) is 21.3 Å². The van der Waals surface area contributed by atoms with Crippen molar-refractivity contribution in [1.29, 1.82) is 0 Å². The average Bonchev–Trinajstić information content (AvgIpc) is 2.18. The van der Waals surface area contributed by atoms with Crippen LogP contribution in [0.3, 0.4) is 0 Å². The van der Waals surface area contributed by atoms with Crippen LogP contribution in [-0.4, -0.2) is 13.4 Å². The number of benzene rings is 1. The van der Waals surface area contributed by atoms with E-state index in [4.69, 9.17) is 0 Å². The molecular formula is C10H11F4NO. The lowest BCUT2D eigenvalue weighted by Crippen LogP contribution is -2.18. The van der Waals surface area contributed by atoms with Crippen molar-refractivity contribution in [2.24, 2.45) is 0 Å². The molecule has 1 atom stereocenters. The molecule has 0 amide bonds. The fourth-order valence-corrected chi connectivity index (χ4v) is 1.21. The lowest BCUT2D eigenvalue weighted by Gasteiger charge is -2.14. The second-order valence-electron chi connectivity index (χ2n) is 3.24. The summed E-state index contributed by atoms with van der Waals surface area (Å²) >= 11 is 0. The van der Waals surface area contributed by atoms with Crippen molar-refractivity contribution in [3.8, 4) is 5.75 Å². The molecule has 0 radical (unpaired) electrons. The van der Waals surface area contributed by atoms with Gasteiger partial charge in [-0.25, -0.2) is 4.39 Å². The van der Waals surface area contributed by atoms with Crippen molar-refractivity contribution in [1.82, 2.24) is 5.32 Å². The largest absolute Gasteiger partial charge is 0.573 e. The first kappa shape index (κ1) is 12.8. The molecule has 1 unspecified atom stereocenters. The minimum atomic E-state index is -4.77. The molecule has 90 valence electrons. The fraction of sp³-hybridized carbons (Fsp3) is 0.400. The first-order chi connectivity index (χ1) is 7.33. The Balaban J connectivity index is 2.98. The van der Waals surface area contributed by atoms with Crippen LogP contribution in [-0.2, 0) is 0 Å². The van der Waals surface area contributed by atoms with Crippen LogP contribution in [0.5, 0.6) is 5.75 Å². The Labute approximate surface area is 90.2 Å². The van der Waals surface area contributed by atoms with Gasteiger partial charge in [0.05, 0.1) is 0 Å². The van der Waals surface area contributed by atoms with E-state index in [0.717, 1.165) is 18.2 Å². The molecule has 0 aromatic heterocycles. The van der Waals surface area contributed by atoms with E-state index < -0.39 is 24.0 Å². The van der Waals surface area contributed by atoms with E-state index in [9.17, 15) is 17.6 Å². The molecule has 0 spiro atoms. The second-order valence-corrected chi connectivity index (χ2v) is 3.24. The van der Waals surface area contributed by atoms with Crippen molar-refractivity contribution >= 4 is 0 Å². The zero-order valence-electron chi connectivity index (χ0n) is 8.73. The maximum atomic E-state index is 13.3. The Morgan fingerprint density at radius 3 is 2.44 bits per heavy atom. The summed E-state index contributed by atoms with van der Waals surface area (Å²) in [6.07, 6.45) is -4.77. The molecule has 0 heterocycles. The first-order valence-corrected chi connectivity index (χ1v) is 4.56. The Morgan fingerprint density at radius 1 is 1.31 bits per heavy atom. The van der Waals surface area contributed by atoms with Crippen molar-refractivity contribution < 1.29 is 22.3 Å². The number of nitrogens with one attached hydrogen (secondary N) is 1. The molecule has 6 heteroatoms. The van der Waals surface area contributed by atoms with Gasteiger partial charge in [-0.05, 0) is 32.2 Å². The van der Waals surface area contributed by atoms with Crippen LogP contribution < -0.4 is 10.1 Å². The Bertz CT molecular complexity index is 364. The summed E-state index contributed by atoms with van der Waals surface area (Å²) in [5.41, 5.74) is 0.129. The monoisotopic (exact) mass is 237 g/mol. The summed E-state index contributed by atoms with van der Waals surface area (Å²) in [7, 11) is 1.58. The van der Waals surface area contributed by atoms with Crippen molar-refractivity contribution in [2.75, 3.05) is 7.05 Å².